The van der Waals surface area contributed by atoms with E-state index in [0.29, 0.717) is 0 Å². The lowest BCUT2D eigenvalue weighted by molar-refractivity contribution is 1.19. The van der Waals surface area contributed by atoms with Gasteiger partial charge in [0.15, 0.2) is 0 Å². The molecule has 2 nitrogen and oxygen atoms in total. The van der Waals surface area contributed by atoms with Gasteiger partial charge in [-0.05, 0) is 72.1 Å². The Hall–Kier alpha value is -5.38. The molecule has 9 aromatic rings. The van der Waals surface area contributed by atoms with Crippen LogP contribution in [0.1, 0.15) is 0 Å². The minimum Gasteiger partial charge on any atom is -0.310 e. The van der Waals surface area contributed by atoms with Gasteiger partial charge in [0.05, 0.1) is 16.7 Å². The van der Waals surface area contributed by atoms with Gasteiger partial charge in [0.2, 0.25) is 0 Å². The quantitative estimate of drug-likeness (QED) is 0.206. The van der Waals surface area contributed by atoms with Crippen LogP contribution in [-0.2, 0) is 0 Å². The summed E-state index contributed by atoms with van der Waals surface area (Å²) in [5.74, 6) is 0. The molecule has 0 saturated carbocycles. The van der Waals surface area contributed by atoms with E-state index >= 15 is 0 Å². The third-order valence-corrected chi connectivity index (χ3v) is 9.71. The lowest BCUT2D eigenvalue weighted by Gasteiger charge is -2.27. The number of aromatic nitrogens is 1. The predicted octanol–water partition coefficient (Wildman–Crippen LogP) is 11.8. The number of hydrogen-bond donors (Lipinski definition) is 0. The first kappa shape index (κ1) is 24.2. The Morgan fingerprint density at radius 2 is 1.02 bits per heavy atom. The molecule has 2 heterocycles. The van der Waals surface area contributed by atoms with Crippen molar-refractivity contribution in [1.29, 1.82) is 0 Å². The van der Waals surface area contributed by atoms with E-state index in [1.807, 2.05) is 11.3 Å². The fourth-order valence-corrected chi connectivity index (χ4v) is 7.71. The average Bonchev–Trinajstić information content (AvgIpc) is 3.60. The summed E-state index contributed by atoms with van der Waals surface area (Å²) in [5.41, 5.74) is 7.11. The summed E-state index contributed by atoms with van der Waals surface area (Å²) in [6.45, 7) is 0. The van der Waals surface area contributed by atoms with Gasteiger partial charge in [0, 0.05) is 53.4 Å². The summed E-state index contributed by atoms with van der Waals surface area (Å²) in [5, 5.41) is 7.60. The first-order valence-electron chi connectivity index (χ1n) is 14.6. The second kappa shape index (κ2) is 9.59. The van der Waals surface area contributed by atoms with Crippen molar-refractivity contribution < 1.29 is 0 Å². The zero-order valence-corrected chi connectivity index (χ0v) is 24.1. The lowest BCUT2D eigenvalue weighted by atomic mass is 10.1. The average molecular weight is 567 g/mol. The Kier molecular flexibility index (Phi) is 5.40. The van der Waals surface area contributed by atoms with Crippen LogP contribution >= 0.6 is 11.3 Å². The predicted molar refractivity (Wildman–Crippen MR) is 186 cm³/mol. The third-order valence-electron chi connectivity index (χ3n) is 8.55. The van der Waals surface area contributed by atoms with E-state index in [1.165, 1.54) is 64.1 Å². The second-order valence-electron chi connectivity index (χ2n) is 11.0. The van der Waals surface area contributed by atoms with Crippen LogP contribution in [0.4, 0.5) is 17.1 Å². The Morgan fingerprint density at radius 3 is 1.79 bits per heavy atom. The van der Waals surface area contributed by atoms with Crippen molar-refractivity contribution in [2.24, 2.45) is 0 Å². The molecular weight excluding hydrogens is 541 g/mol. The molecule has 9 rings (SSSR count). The number of para-hydroxylation sites is 3. The largest absolute Gasteiger partial charge is 0.310 e. The van der Waals surface area contributed by atoms with E-state index in [0.717, 1.165) is 11.4 Å². The highest BCUT2D eigenvalue weighted by Crippen LogP contribution is 2.43. The van der Waals surface area contributed by atoms with Gasteiger partial charge in [0.1, 0.15) is 0 Å². The van der Waals surface area contributed by atoms with Crippen molar-refractivity contribution in [2.45, 2.75) is 0 Å². The SMILES string of the molecule is c1ccc(N(c2ccc3sc4ccc(-n5c6ccccc6c6ccccc65)cc4c3c2)c2cccc3ccccc23)cc1. The first-order chi connectivity index (χ1) is 21.3. The molecular formula is C40H26N2S. The number of hydrogen-bond acceptors (Lipinski definition) is 2. The number of nitrogens with zero attached hydrogens (tertiary/aromatic N) is 2. The summed E-state index contributed by atoms with van der Waals surface area (Å²) < 4.78 is 5.00. The van der Waals surface area contributed by atoms with Crippen molar-refractivity contribution in [1.82, 2.24) is 4.57 Å². The van der Waals surface area contributed by atoms with Crippen LogP contribution in [0.3, 0.4) is 0 Å². The molecule has 0 fully saturated rings. The van der Waals surface area contributed by atoms with Gasteiger partial charge in [0.25, 0.3) is 0 Å². The van der Waals surface area contributed by atoms with Crippen molar-refractivity contribution in [3.63, 3.8) is 0 Å². The minimum atomic E-state index is 1.14. The van der Waals surface area contributed by atoms with Crippen LogP contribution in [0, 0.1) is 0 Å². The normalized spacial score (nSPS) is 11.7. The van der Waals surface area contributed by atoms with Gasteiger partial charge in [-0.1, -0.05) is 91.0 Å². The van der Waals surface area contributed by atoms with E-state index < -0.39 is 0 Å². The van der Waals surface area contributed by atoms with Crippen LogP contribution in [-0.4, -0.2) is 4.57 Å². The maximum absolute atomic E-state index is 2.41. The minimum absolute atomic E-state index is 1.14. The van der Waals surface area contributed by atoms with E-state index in [2.05, 4.69) is 167 Å². The Morgan fingerprint density at radius 1 is 0.419 bits per heavy atom. The molecule has 202 valence electrons. The molecule has 0 radical (unpaired) electrons. The van der Waals surface area contributed by atoms with E-state index in [4.69, 9.17) is 0 Å². The summed E-state index contributed by atoms with van der Waals surface area (Å²) >= 11 is 1.86. The molecule has 0 bridgehead atoms. The zero-order valence-electron chi connectivity index (χ0n) is 23.3. The lowest BCUT2D eigenvalue weighted by Crippen LogP contribution is -2.10. The summed E-state index contributed by atoms with van der Waals surface area (Å²) in [4.78, 5) is 2.39. The smallest absolute Gasteiger partial charge is 0.0541 e. The van der Waals surface area contributed by atoms with Gasteiger partial charge < -0.3 is 9.47 Å². The number of fused-ring (bicyclic) bond motifs is 7. The molecule has 0 spiro atoms. The molecule has 0 N–H and O–H groups in total. The van der Waals surface area contributed by atoms with Crippen molar-refractivity contribution in [2.75, 3.05) is 4.90 Å². The van der Waals surface area contributed by atoms with E-state index in [1.54, 1.807) is 0 Å². The molecule has 0 aliphatic heterocycles. The Balaban J connectivity index is 1.28. The second-order valence-corrected chi connectivity index (χ2v) is 12.1. The van der Waals surface area contributed by atoms with Crippen LogP contribution in [0.2, 0.25) is 0 Å². The summed E-state index contributed by atoms with van der Waals surface area (Å²) in [6, 6.07) is 57.2. The van der Waals surface area contributed by atoms with Crippen molar-refractivity contribution in [3.8, 4) is 5.69 Å². The van der Waals surface area contributed by atoms with Crippen molar-refractivity contribution in [3.05, 3.63) is 158 Å². The molecule has 0 amide bonds. The van der Waals surface area contributed by atoms with Gasteiger partial charge in [-0.3, -0.25) is 0 Å². The topological polar surface area (TPSA) is 8.17 Å². The van der Waals surface area contributed by atoms with Gasteiger partial charge in [-0.15, -0.1) is 11.3 Å². The summed E-state index contributed by atoms with van der Waals surface area (Å²) in [7, 11) is 0. The first-order valence-corrected chi connectivity index (χ1v) is 15.4. The zero-order chi connectivity index (χ0) is 28.3. The van der Waals surface area contributed by atoms with Crippen LogP contribution in [0.15, 0.2) is 158 Å². The number of rotatable bonds is 4. The van der Waals surface area contributed by atoms with Crippen LogP contribution in [0.5, 0.6) is 0 Å². The number of thiophene rings is 1. The highest BCUT2D eigenvalue weighted by Gasteiger charge is 2.18. The Labute approximate surface area is 253 Å². The standard InChI is InChI=1S/C40H26N2S/c1-2-13-28(14-3-1)41(36-20-10-12-27-11-4-5-15-31(27)36)29-21-23-39-34(25-29)35-26-30(22-24-40(35)43-39)42-37-18-8-6-16-32(37)33-17-7-9-19-38(33)42/h1-26H. The molecule has 2 aromatic heterocycles. The maximum atomic E-state index is 2.41. The number of benzene rings is 7. The van der Waals surface area contributed by atoms with Crippen molar-refractivity contribution >= 4 is 81.1 Å². The third kappa shape index (κ3) is 3.79. The molecule has 0 aliphatic carbocycles. The molecule has 0 saturated heterocycles. The monoisotopic (exact) mass is 566 g/mol. The molecule has 43 heavy (non-hydrogen) atoms. The van der Waals surface area contributed by atoms with Gasteiger partial charge >= 0.3 is 0 Å². The van der Waals surface area contributed by atoms with E-state index in [9.17, 15) is 0 Å². The van der Waals surface area contributed by atoms with Gasteiger partial charge in [-0.25, -0.2) is 0 Å². The maximum Gasteiger partial charge on any atom is 0.0541 e. The molecule has 0 unspecified atom stereocenters. The summed E-state index contributed by atoms with van der Waals surface area (Å²) in [6.07, 6.45) is 0. The van der Waals surface area contributed by atoms with E-state index in [-0.39, 0.29) is 0 Å². The Bertz CT molecular complexity index is 2410. The molecule has 3 heteroatoms. The highest BCUT2D eigenvalue weighted by molar-refractivity contribution is 7.25. The number of anilines is 3. The molecule has 0 atom stereocenters. The fourth-order valence-electron chi connectivity index (χ4n) is 6.64. The highest BCUT2D eigenvalue weighted by atomic mass is 32.1. The fraction of sp³-hybridized carbons (Fsp3) is 0. The molecule has 7 aromatic carbocycles. The van der Waals surface area contributed by atoms with Crippen LogP contribution < -0.4 is 4.90 Å². The molecule has 0 aliphatic rings. The van der Waals surface area contributed by atoms with Gasteiger partial charge in [-0.2, -0.15) is 0 Å². The van der Waals surface area contributed by atoms with Crippen LogP contribution in [0.25, 0.3) is 58.4 Å².